The van der Waals surface area contributed by atoms with Crippen LogP contribution in [0.25, 0.3) is 0 Å². The second kappa shape index (κ2) is 5.46. The highest BCUT2D eigenvalue weighted by Crippen LogP contribution is 2.29. The minimum atomic E-state index is -0.149. The van der Waals surface area contributed by atoms with Crippen LogP contribution in [0, 0.1) is 17.3 Å². The standard InChI is InChI=1S/C16H19NO2/c1-16(2)9-10-17(12-16)15(19)14-7-5-13(6-8-14)4-3-11-18/h5-8,18H,9-12H2,1-2H3. The average Bonchev–Trinajstić information content (AvgIpc) is 2.76. The summed E-state index contributed by atoms with van der Waals surface area (Å²) in [5.41, 5.74) is 1.74. The summed E-state index contributed by atoms with van der Waals surface area (Å²) in [4.78, 5) is 14.2. The van der Waals surface area contributed by atoms with Gasteiger partial charge in [0, 0.05) is 24.2 Å². The second-order valence-corrected chi connectivity index (χ2v) is 5.68. The van der Waals surface area contributed by atoms with Crippen LogP contribution in [0.4, 0.5) is 0 Å². The SMILES string of the molecule is CC1(C)CCN(C(=O)c2ccc(C#CCO)cc2)C1. The van der Waals surface area contributed by atoms with Crippen LogP contribution in [0.2, 0.25) is 0 Å². The van der Waals surface area contributed by atoms with Crippen LogP contribution in [-0.2, 0) is 0 Å². The van der Waals surface area contributed by atoms with E-state index in [4.69, 9.17) is 5.11 Å². The van der Waals surface area contributed by atoms with Crippen molar-refractivity contribution in [3.63, 3.8) is 0 Å². The zero-order chi connectivity index (χ0) is 13.9. The minimum absolute atomic E-state index is 0.0900. The topological polar surface area (TPSA) is 40.5 Å². The molecule has 1 amide bonds. The highest BCUT2D eigenvalue weighted by Gasteiger charge is 2.32. The van der Waals surface area contributed by atoms with Crippen molar-refractivity contribution in [2.75, 3.05) is 19.7 Å². The van der Waals surface area contributed by atoms with Crippen molar-refractivity contribution >= 4 is 5.91 Å². The van der Waals surface area contributed by atoms with Gasteiger partial charge in [0.1, 0.15) is 6.61 Å². The number of benzene rings is 1. The molecule has 3 heteroatoms. The van der Waals surface area contributed by atoms with Gasteiger partial charge in [-0.05, 0) is 36.1 Å². The maximum Gasteiger partial charge on any atom is 0.253 e. The zero-order valence-corrected chi connectivity index (χ0v) is 11.4. The van der Waals surface area contributed by atoms with E-state index in [1.54, 1.807) is 12.1 Å². The van der Waals surface area contributed by atoms with Gasteiger partial charge in [0.2, 0.25) is 0 Å². The number of hydrogen-bond donors (Lipinski definition) is 1. The maximum atomic E-state index is 12.3. The van der Waals surface area contributed by atoms with E-state index < -0.39 is 0 Å². The van der Waals surface area contributed by atoms with Crippen LogP contribution in [0.15, 0.2) is 24.3 Å². The van der Waals surface area contributed by atoms with Crippen molar-refractivity contribution in [1.82, 2.24) is 4.90 Å². The van der Waals surface area contributed by atoms with E-state index in [-0.39, 0.29) is 17.9 Å². The molecule has 1 aromatic carbocycles. The summed E-state index contributed by atoms with van der Waals surface area (Å²) in [6.45, 7) is 5.88. The molecule has 0 atom stereocenters. The first-order valence-corrected chi connectivity index (χ1v) is 6.51. The molecular weight excluding hydrogens is 238 g/mol. The van der Waals surface area contributed by atoms with Gasteiger partial charge in [-0.3, -0.25) is 4.79 Å². The molecule has 0 spiro atoms. The smallest absolute Gasteiger partial charge is 0.253 e. The Labute approximate surface area is 114 Å². The van der Waals surface area contributed by atoms with Gasteiger partial charge in [0.25, 0.3) is 5.91 Å². The van der Waals surface area contributed by atoms with Crippen LogP contribution in [0.5, 0.6) is 0 Å². The Hall–Kier alpha value is -1.79. The highest BCUT2D eigenvalue weighted by atomic mass is 16.2. The quantitative estimate of drug-likeness (QED) is 0.781. The number of nitrogens with zero attached hydrogens (tertiary/aromatic N) is 1. The van der Waals surface area contributed by atoms with E-state index in [0.29, 0.717) is 5.56 Å². The lowest BCUT2D eigenvalue weighted by Gasteiger charge is -2.19. The first-order chi connectivity index (χ1) is 9.02. The Bertz CT molecular complexity index is 520. The van der Waals surface area contributed by atoms with Crippen LogP contribution in [0.3, 0.4) is 0 Å². The lowest BCUT2D eigenvalue weighted by Crippen LogP contribution is -2.30. The monoisotopic (exact) mass is 257 g/mol. The van der Waals surface area contributed by atoms with E-state index >= 15 is 0 Å². The number of aliphatic hydroxyl groups is 1. The van der Waals surface area contributed by atoms with Crippen molar-refractivity contribution in [3.05, 3.63) is 35.4 Å². The molecule has 1 aliphatic heterocycles. The van der Waals surface area contributed by atoms with Gasteiger partial charge in [-0.1, -0.05) is 25.7 Å². The van der Waals surface area contributed by atoms with Crippen molar-refractivity contribution in [3.8, 4) is 11.8 Å². The molecule has 0 aliphatic carbocycles. The van der Waals surface area contributed by atoms with Crippen LogP contribution >= 0.6 is 0 Å². The fraction of sp³-hybridized carbons (Fsp3) is 0.438. The molecular formula is C16H19NO2. The Balaban J connectivity index is 2.08. The number of amides is 1. The van der Waals surface area contributed by atoms with E-state index in [1.807, 2.05) is 17.0 Å². The fourth-order valence-corrected chi connectivity index (χ4v) is 2.31. The van der Waals surface area contributed by atoms with E-state index in [0.717, 1.165) is 25.1 Å². The molecule has 3 nitrogen and oxygen atoms in total. The Morgan fingerprint density at radius 1 is 1.37 bits per heavy atom. The van der Waals surface area contributed by atoms with Gasteiger partial charge >= 0.3 is 0 Å². The molecule has 19 heavy (non-hydrogen) atoms. The summed E-state index contributed by atoms with van der Waals surface area (Å²) < 4.78 is 0. The molecule has 1 saturated heterocycles. The lowest BCUT2D eigenvalue weighted by molar-refractivity contribution is 0.0778. The van der Waals surface area contributed by atoms with Gasteiger partial charge in [0.05, 0.1) is 0 Å². The molecule has 0 bridgehead atoms. The molecule has 1 N–H and O–H groups in total. The number of hydrogen-bond acceptors (Lipinski definition) is 2. The molecule has 0 radical (unpaired) electrons. The van der Waals surface area contributed by atoms with Crippen molar-refractivity contribution < 1.29 is 9.90 Å². The van der Waals surface area contributed by atoms with Gasteiger partial charge < -0.3 is 10.0 Å². The highest BCUT2D eigenvalue weighted by molar-refractivity contribution is 5.94. The molecule has 1 aromatic rings. The summed E-state index contributed by atoms with van der Waals surface area (Å²) >= 11 is 0. The molecule has 1 aliphatic rings. The minimum Gasteiger partial charge on any atom is -0.384 e. The average molecular weight is 257 g/mol. The predicted octanol–water partition coefficient (Wildman–Crippen LogP) is 1.90. The molecule has 0 aromatic heterocycles. The Kier molecular flexibility index (Phi) is 3.92. The second-order valence-electron chi connectivity index (χ2n) is 5.68. The first-order valence-electron chi connectivity index (χ1n) is 6.51. The molecule has 2 rings (SSSR count). The molecule has 0 unspecified atom stereocenters. The van der Waals surface area contributed by atoms with E-state index in [2.05, 4.69) is 25.7 Å². The van der Waals surface area contributed by atoms with Gasteiger partial charge in [-0.2, -0.15) is 0 Å². The maximum absolute atomic E-state index is 12.3. The normalized spacial score (nSPS) is 16.9. The van der Waals surface area contributed by atoms with Crippen molar-refractivity contribution in [1.29, 1.82) is 0 Å². The largest absolute Gasteiger partial charge is 0.384 e. The lowest BCUT2D eigenvalue weighted by atomic mass is 9.93. The summed E-state index contributed by atoms with van der Waals surface area (Å²) in [7, 11) is 0. The van der Waals surface area contributed by atoms with Crippen molar-refractivity contribution in [2.45, 2.75) is 20.3 Å². The molecule has 0 saturated carbocycles. The zero-order valence-electron chi connectivity index (χ0n) is 11.4. The van der Waals surface area contributed by atoms with Crippen LogP contribution in [0.1, 0.15) is 36.2 Å². The van der Waals surface area contributed by atoms with Gasteiger partial charge in [0.15, 0.2) is 0 Å². The fourth-order valence-electron chi connectivity index (χ4n) is 2.31. The summed E-state index contributed by atoms with van der Waals surface area (Å²) in [6, 6.07) is 7.23. The van der Waals surface area contributed by atoms with Crippen LogP contribution < -0.4 is 0 Å². The third-order valence-corrected chi connectivity index (χ3v) is 3.41. The number of aliphatic hydroxyl groups excluding tert-OH is 1. The number of carbonyl (C=O) groups is 1. The predicted molar refractivity (Wildman–Crippen MR) is 74.7 cm³/mol. The molecule has 100 valence electrons. The van der Waals surface area contributed by atoms with E-state index in [1.165, 1.54) is 0 Å². The first kappa shape index (κ1) is 13.6. The Morgan fingerprint density at radius 2 is 2.05 bits per heavy atom. The van der Waals surface area contributed by atoms with Gasteiger partial charge in [-0.15, -0.1) is 0 Å². The Morgan fingerprint density at radius 3 is 2.58 bits per heavy atom. The molecule has 1 heterocycles. The number of likely N-dealkylation sites (tertiary alicyclic amines) is 1. The number of rotatable bonds is 1. The summed E-state index contributed by atoms with van der Waals surface area (Å²) in [5, 5.41) is 8.63. The number of carbonyl (C=O) groups excluding carboxylic acids is 1. The summed E-state index contributed by atoms with van der Waals surface area (Å²) in [6.07, 6.45) is 1.05. The van der Waals surface area contributed by atoms with Crippen LogP contribution in [-0.4, -0.2) is 35.6 Å². The third kappa shape index (κ3) is 3.36. The third-order valence-electron chi connectivity index (χ3n) is 3.41. The van der Waals surface area contributed by atoms with Gasteiger partial charge in [-0.25, -0.2) is 0 Å². The molecule has 1 fully saturated rings. The van der Waals surface area contributed by atoms with Crippen molar-refractivity contribution in [2.24, 2.45) is 5.41 Å². The van der Waals surface area contributed by atoms with E-state index in [9.17, 15) is 4.79 Å². The summed E-state index contributed by atoms with van der Waals surface area (Å²) in [5.74, 6) is 5.50.